The highest BCUT2D eigenvalue weighted by Gasteiger charge is 2.90. The first kappa shape index (κ1) is 43.7. The van der Waals surface area contributed by atoms with Crippen molar-refractivity contribution in [1.29, 1.82) is 0 Å². The summed E-state index contributed by atoms with van der Waals surface area (Å²) >= 11 is 0. The fourth-order valence-corrected chi connectivity index (χ4v) is 2.88. The third-order valence-corrected chi connectivity index (χ3v) is 5.30. The molecule has 0 rings (SSSR count). The molecule has 0 aliphatic heterocycles. The van der Waals surface area contributed by atoms with E-state index in [0.717, 1.165) is 0 Å². The van der Waals surface area contributed by atoms with Crippen LogP contribution in [0.2, 0.25) is 0 Å². The normalized spacial score (nSPS) is 14.2. The van der Waals surface area contributed by atoms with E-state index in [-0.39, 0.29) is 0 Å². The molecule has 0 bridgehead atoms. The molecule has 0 radical (unpaired) electrons. The van der Waals surface area contributed by atoms with Crippen LogP contribution in [0.15, 0.2) is 49.6 Å². The highest BCUT2D eigenvalue weighted by Crippen LogP contribution is 2.61. The van der Waals surface area contributed by atoms with Crippen LogP contribution in [0, 0.1) is 0 Å². The smallest absolute Gasteiger partial charge is 0.384 e. The summed E-state index contributed by atoms with van der Waals surface area (Å²) in [7, 11) is 0. The van der Waals surface area contributed by atoms with Crippen LogP contribution in [-0.2, 0) is 38.1 Å². The number of hydrogen-bond donors (Lipinski definition) is 0. The molecule has 0 saturated heterocycles. The SMILES string of the molecule is C=C(F)C(=O)OCC(CC(F)(F)C(F)(F)C(F)(F)C(F)(F)C(F)(F)C(F)(F)CC(COC(=O)C(=C)F)OC(=O)C(=C)F)OC(=O)C(=C)F. The van der Waals surface area contributed by atoms with Gasteiger partial charge in [0.05, 0.1) is 12.8 Å². The number of esters is 4. The van der Waals surface area contributed by atoms with Crippen molar-refractivity contribution in [1.82, 2.24) is 0 Å². The minimum atomic E-state index is -8.27. The summed E-state index contributed by atoms with van der Waals surface area (Å²) in [4.78, 5) is 44.6. The van der Waals surface area contributed by atoms with E-state index in [0.29, 0.717) is 0 Å². The lowest BCUT2D eigenvalue weighted by atomic mass is 9.88. The Morgan fingerprint density at radius 2 is 0.667 bits per heavy atom. The van der Waals surface area contributed by atoms with Crippen LogP contribution in [0.4, 0.5) is 70.2 Å². The largest absolute Gasteiger partial charge is 0.456 e. The highest BCUT2D eigenvalue weighted by atomic mass is 19.4. The van der Waals surface area contributed by atoms with Gasteiger partial charge in [-0.25, -0.2) is 19.2 Å². The Bertz CT molecular complexity index is 1210. The maximum Gasteiger partial charge on any atom is 0.384 e. The number of carbonyl (C=O) groups is 4. The molecule has 0 aromatic rings. The summed E-state index contributed by atoms with van der Waals surface area (Å²) in [6.07, 6.45) is -13.2. The maximum absolute atomic E-state index is 14.4. The Hall–Kier alpha value is -4.28. The van der Waals surface area contributed by atoms with E-state index in [1.165, 1.54) is 0 Å². The average molecular weight is 738 g/mol. The van der Waals surface area contributed by atoms with Crippen LogP contribution in [-0.4, -0.2) is 84.8 Å². The number of rotatable bonds is 19. The van der Waals surface area contributed by atoms with Crippen LogP contribution in [0.1, 0.15) is 12.8 Å². The van der Waals surface area contributed by atoms with Gasteiger partial charge in [-0.3, -0.25) is 0 Å². The van der Waals surface area contributed by atoms with Crippen molar-refractivity contribution in [3.05, 3.63) is 49.6 Å². The van der Waals surface area contributed by atoms with Crippen molar-refractivity contribution < 1.29 is 108 Å². The summed E-state index contributed by atoms with van der Waals surface area (Å²) in [5, 5.41) is 0. The van der Waals surface area contributed by atoms with Crippen molar-refractivity contribution in [3.63, 3.8) is 0 Å². The van der Waals surface area contributed by atoms with Crippen LogP contribution < -0.4 is 0 Å². The second-order valence-corrected chi connectivity index (χ2v) is 8.99. The van der Waals surface area contributed by atoms with E-state index in [1.807, 2.05) is 0 Å². The topological polar surface area (TPSA) is 105 Å². The molecule has 0 fully saturated rings. The molecule has 2 unspecified atom stereocenters. The van der Waals surface area contributed by atoms with Gasteiger partial charge < -0.3 is 18.9 Å². The lowest BCUT2D eigenvalue weighted by Gasteiger charge is -2.42. The summed E-state index contributed by atoms with van der Waals surface area (Å²) in [5.41, 5.74) is 0. The number of alkyl halides is 12. The van der Waals surface area contributed by atoms with Gasteiger partial charge in [0, 0.05) is 0 Å². The van der Waals surface area contributed by atoms with Gasteiger partial charge in [0.25, 0.3) is 0 Å². The zero-order chi connectivity index (χ0) is 38.4. The highest BCUT2D eigenvalue weighted by molar-refractivity contribution is 5.86. The Morgan fingerprint density at radius 3 is 0.875 bits per heavy atom. The van der Waals surface area contributed by atoms with Gasteiger partial charge in [0.15, 0.2) is 0 Å². The fourth-order valence-electron chi connectivity index (χ4n) is 2.88. The van der Waals surface area contributed by atoms with Gasteiger partial charge in [-0.2, -0.15) is 70.2 Å². The molecular weight excluding hydrogens is 720 g/mol. The van der Waals surface area contributed by atoms with Crippen molar-refractivity contribution in [2.75, 3.05) is 13.2 Å². The summed E-state index contributed by atoms with van der Waals surface area (Å²) < 4.78 is 239. The third kappa shape index (κ3) is 9.64. The Balaban J connectivity index is 6.67. The van der Waals surface area contributed by atoms with Crippen LogP contribution in [0.3, 0.4) is 0 Å². The van der Waals surface area contributed by atoms with Crippen molar-refractivity contribution in [2.45, 2.75) is 60.6 Å². The van der Waals surface area contributed by atoms with Gasteiger partial charge in [-0.05, 0) is 0 Å². The molecule has 0 heterocycles. The van der Waals surface area contributed by atoms with Crippen molar-refractivity contribution in [2.24, 2.45) is 0 Å². The second kappa shape index (κ2) is 15.3. The monoisotopic (exact) mass is 738 g/mol. The molecular formula is C24H18F16O8. The second-order valence-electron chi connectivity index (χ2n) is 8.99. The fraction of sp³-hybridized carbons (Fsp3) is 0.500. The zero-order valence-corrected chi connectivity index (χ0v) is 23.1. The minimum Gasteiger partial charge on any atom is -0.456 e. The molecule has 0 aromatic carbocycles. The van der Waals surface area contributed by atoms with Gasteiger partial charge in [-0.15, -0.1) is 0 Å². The number of carbonyl (C=O) groups excluding carboxylic acids is 4. The number of halogens is 16. The maximum atomic E-state index is 14.4. The first-order chi connectivity index (χ1) is 21.3. The summed E-state index contributed by atoms with van der Waals surface area (Å²) in [5.74, 6) is -64.1. The zero-order valence-electron chi connectivity index (χ0n) is 23.1. The Kier molecular flexibility index (Phi) is 13.9. The molecule has 48 heavy (non-hydrogen) atoms. The van der Waals surface area contributed by atoms with Gasteiger partial charge in [0.2, 0.25) is 23.3 Å². The van der Waals surface area contributed by atoms with E-state index >= 15 is 0 Å². The molecule has 0 saturated carbocycles. The predicted octanol–water partition coefficient (Wildman–Crippen LogP) is 6.42. The van der Waals surface area contributed by atoms with Gasteiger partial charge in [0.1, 0.15) is 25.4 Å². The van der Waals surface area contributed by atoms with Crippen molar-refractivity contribution in [3.8, 4) is 0 Å². The standard InChI is InChI=1S/C24H18F16O8/c1-9(25)15(41)45-7-13(47-17(43)11(3)27)5-19(29,30)21(33,34)23(37,38)24(39,40)22(35,36)20(31,32)6-14(48-18(44)12(4)28)8-46-16(42)10(2)26/h13-14H,1-8H2. The van der Waals surface area contributed by atoms with E-state index in [4.69, 9.17) is 0 Å². The first-order valence-electron chi connectivity index (χ1n) is 11.7. The van der Waals surface area contributed by atoms with E-state index in [9.17, 15) is 89.4 Å². The molecule has 0 amide bonds. The molecule has 0 spiro atoms. The molecule has 24 heteroatoms. The average Bonchev–Trinajstić information content (AvgIpc) is 2.92. The molecule has 274 valence electrons. The lowest BCUT2D eigenvalue weighted by Crippen LogP contribution is -2.71. The number of hydrogen-bond acceptors (Lipinski definition) is 8. The third-order valence-electron chi connectivity index (χ3n) is 5.30. The first-order valence-corrected chi connectivity index (χ1v) is 11.7. The number of ether oxygens (including phenoxy) is 4. The molecule has 0 aromatic heterocycles. The summed E-state index contributed by atoms with van der Waals surface area (Å²) in [6.45, 7) is 4.96. The minimum absolute atomic E-state index is 2.06. The van der Waals surface area contributed by atoms with E-state index < -0.39 is 121 Å². The van der Waals surface area contributed by atoms with Gasteiger partial charge >= 0.3 is 59.4 Å². The Labute approximate surface area is 256 Å². The summed E-state index contributed by atoms with van der Waals surface area (Å²) in [6, 6.07) is 0. The van der Waals surface area contributed by atoms with Gasteiger partial charge in [-0.1, -0.05) is 26.3 Å². The Morgan fingerprint density at radius 1 is 0.438 bits per heavy atom. The lowest BCUT2D eigenvalue weighted by molar-refractivity contribution is -0.427. The van der Waals surface area contributed by atoms with Crippen LogP contribution in [0.5, 0.6) is 0 Å². The quantitative estimate of drug-likeness (QED) is 0.0648. The van der Waals surface area contributed by atoms with Crippen molar-refractivity contribution >= 4 is 23.9 Å². The molecule has 2 atom stereocenters. The predicted molar refractivity (Wildman–Crippen MR) is 122 cm³/mol. The molecule has 0 aliphatic carbocycles. The van der Waals surface area contributed by atoms with Crippen LogP contribution in [0.25, 0.3) is 0 Å². The van der Waals surface area contributed by atoms with Crippen LogP contribution >= 0.6 is 0 Å². The van der Waals surface area contributed by atoms with E-state index in [2.05, 4.69) is 45.3 Å². The molecule has 0 N–H and O–H groups in total. The van der Waals surface area contributed by atoms with E-state index in [1.54, 1.807) is 0 Å². The molecule has 0 aliphatic rings. The molecule has 8 nitrogen and oxygen atoms in total.